The molecule has 0 unspecified atom stereocenters. The molecule has 4 rings (SSSR count). The second-order valence-electron chi connectivity index (χ2n) is 7.78. The normalized spacial score (nSPS) is 39.3. The minimum Gasteiger partial charge on any atom is -0.461 e. The van der Waals surface area contributed by atoms with Gasteiger partial charge in [0.25, 0.3) is 0 Å². The van der Waals surface area contributed by atoms with Crippen LogP contribution in [0.1, 0.15) is 19.8 Å². The van der Waals surface area contributed by atoms with Gasteiger partial charge in [-0.05, 0) is 24.5 Å². The molecule has 3 fully saturated rings. The molecule has 1 aromatic carbocycles. The van der Waals surface area contributed by atoms with Crippen molar-refractivity contribution in [2.75, 3.05) is 5.75 Å². The predicted octanol–water partition coefficient (Wildman–Crippen LogP) is 3.10. The zero-order valence-corrected chi connectivity index (χ0v) is 15.7. The highest BCUT2D eigenvalue weighted by molar-refractivity contribution is 7.99. The van der Waals surface area contributed by atoms with E-state index in [4.69, 9.17) is 4.74 Å². The maximum atomic E-state index is 12.6. The lowest BCUT2D eigenvalue weighted by Crippen LogP contribution is -2.38. The van der Waals surface area contributed by atoms with Gasteiger partial charge in [0.15, 0.2) is 0 Å². The number of ether oxygens (including phenoxy) is 1. The number of carbonyl (C=O) groups excluding carboxylic acids is 2. The van der Waals surface area contributed by atoms with Gasteiger partial charge in [-0.3, -0.25) is 9.59 Å². The topological polar surface area (TPSA) is 63.6 Å². The summed E-state index contributed by atoms with van der Waals surface area (Å²) >= 11 is 1.61. The molecule has 1 heterocycles. The van der Waals surface area contributed by atoms with Crippen molar-refractivity contribution in [3.63, 3.8) is 0 Å². The Labute approximate surface area is 158 Å². The van der Waals surface area contributed by atoms with Crippen LogP contribution in [0.15, 0.2) is 47.4 Å². The van der Waals surface area contributed by atoms with E-state index >= 15 is 0 Å². The molecular formula is C21H24O4S. The first-order chi connectivity index (χ1) is 12.5. The van der Waals surface area contributed by atoms with Crippen molar-refractivity contribution in [3.8, 4) is 0 Å². The van der Waals surface area contributed by atoms with Crippen LogP contribution >= 0.6 is 11.8 Å². The molecule has 0 amide bonds. The molecule has 1 N–H and O–H groups in total. The van der Waals surface area contributed by atoms with E-state index in [9.17, 15) is 14.7 Å². The highest BCUT2D eigenvalue weighted by atomic mass is 32.2. The quantitative estimate of drug-likeness (QED) is 0.502. The van der Waals surface area contributed by atoms with E-state index in [0.717, 1.165) is 10.5 Å². The number of benzene rings is 1. The van der Waals surface area contributed by atoms with Crippen LogP contribution in [0.25, 0.3) is 0 Å². The van der Waals surface area contributed by atoms with Crippen molar-refractivity contribution in [3.05, 3.63) is 42.5 Å². The number of aliphatic hydroxyl groups excluding tert-OH is 1. The van der Waals surface area contributed by atoms with Gasteiger partial charge in [-0.1, -0.05) is 37.3 Å². The molecule has 0 bridgehead atoms. The molecule has 0 aromatic heterocycles. The largest absolute Gasteiger partial charge is 0.461 e. The molecule has 5 heteroatoms. The second-order valence-corrected chi connectivity index (χ2v) is 8.88. The molecule has 1 aromatic rings. The third-order valence-corrected chi connectivity index (χ3v) is 7.49. The van der Waals surface area contributed by atoms with E-state index in [1.54, 1.807) is 11.8 Å². The smallest absolute Gasteiger partial charge is 0.310 e. The summed E-state index contributed by atoms with van der Waals surface area (Å²) < 4.78 is 5.79. The van der Waals surface area contributed by atoms with E-state index in [2.05, 4.69) is 6.58 Å². The van der Waals surface area contributed by atoms with Gasteiger partial charge >= 0.3 is 5.97 Å². The zero-order valence-electron chi connectivity index (χ0n) is 14.8. The van der Waals surface area contributed by atoms with Crippen molar-refractivity contribution >= 4 is 23.5 Å². The van der Waals surface area contributed by atoms with Crippen LogP contribution in [0.4, 0.5) is 0 Å². The van der Waals surface area contributed by atoms with Crippen LogP contribution in [0, 0.1) is 29.6 Å². The van der Waals surface area contributed by atoms with Crippen molar-refractivity contribution in [2.45, 2.75) is 36.9 Å². The summed E-state index contributed by atoms with van der Waals surface area (Å²) in [6.45, 7) is 6.07. The summed E-state index contributed by atoms with van der Waals surface area (Å²) in [5.74, 6) is -0.234. The van der Waals surface area contributed by atoms with Crippen LogP contribution in [-0.4, -0.2) is 34.8 Å². The lowest BCUT2D eigenvalue weighted by Gasteiger charge is -2.29. The first-order valence-corrected chi connectivity index (χ1v) is 10.2. The number of hydrogen-bond acceptors (Lipinski definition) is 5. The van der Waals surface area contributed by atoms with Gasteiger partial charge in [0.1, 0.15) is 11.9 Å². The number of ketones is 1. The standard InChI is InChI=1S/C21H24O4S/c1-11-8-17(23)19-15(10-26-13-6-4-3-5-7-13)21(24)25-20(19)18-12(2)16(22)9-14(11)18/h3-7,12,14-15,17-20,23H,1,8-10H2,2H3/t12-,14+,15+,17+,18+,19-,20+/m1/s1. The Bertz CT molecular complexity index is 731. The van der Waals surface area contributed by atoms with E-state index in [1.165, 1.54) is 0 Å². The van der Waals surface area contributed by atoms with Gasteiger partial charge in [0.05, 0.1) is 12.0 Å². The third kappa shape index (κ3) is 2.91. The average Bonchev–Trinajstić information content (AvgIpc) is 3.07. The fourth-order valence-electron chi connectivity index (χ4n) is 4.98. The van der Waals surface area contributed by atoms with Crippen LogP contribution in [-0.2, 0) is 14.3 Å². The number of thioether (sulfide) groups is 1. The summed E-state index contributed by atoms with van der Waals surface area (Å²) in [7, 11) is 0. The fraction of sp³-hybridized carbons (Fsp3) is 0.524. The summed E-state index contributed by atoms with van der Waals surface area (Å²) in [4.78, 5) is 26.0. The van der Waals surface area contributed by atoms with Crippen LogP contribution in [0.5, 0.6) is 0 Å². The molecule has 7 atom stereocenters. The number of esters is 1. The Morgan fingerprint density at radius 2 is 1.92 bits per heavy atom. The van der Waals surface area contributed by atoms with Gasteiger partial charge in [-0.15, -0.1) is 11.8 Å². The van der Waals surface area contributed by atoms with Crippen LogP contribution in [0.2, 0.25) is 0 Å². The summed E-state index contributed by atoms with van der Waals surface area (Å²) in [5, 5.41) is 10.8. The van der Waals surface area contributed by atoms with Crippen LogP contribution in [0.3, 0.4) is 0 Å². The maximum Gasteiger partial charge on any atom is 0.310 e. The van der Waals surface area contributed by atoms with E-state index in [1.807, 2.05) is 37.3 Å². The fourth-order valence-corrected chi connectivity index (χ4v) is 6.06. The average molecular weight is 372 g/mol. The summed E-state index contributed by atoms with van der Waals surface area (Å²) in [6, 6.07) is 9.93. The number of Topliss-reactive ketones (excluding diaryl/α,β-unsaturated/α-hetero) is 1. The highest BCUT2D eigenvalue weighted by Gasteiger charge is 2.58. The van der Waals surface area contributed by atoms with Gasteiger partial charge in [-0.2, -0.15) is 0 Å². The number of aliphatic hydroxyl groups is 1. The van der Waals surface area contributed by atoms with Crippen molar-refractivity contribution < 1.29 is 19.4 Å². The lowest BCUT2D eigenvalue weighted by molar-refractivity contribution is -0.146. The van der Waals surface area contributed by atoms with Gasteiger partial charge in [-0.25, -0.2) is 0 Å². The molecule has 4 nitrogen and oxygen atoms in total. The van der Waals surface area contributed by atoms with Gasteiger partial charge in [0.2, 0.25) is 0 Å². The van der Waals surface area contributed by atoms with E-state index < -0.39 is 6.10 Å². The van der Waals surface area contributed by atoms with E-state index in [0.29, 0.717) is 18.6 Å². The summed E-state index contributed by atoms with van der Waals surface area (Å²) in [5.41, 5.74) is 0.931. The van der Waals surface area contributed by atoms with Crippen molar-refractivity contribution in [2.24, 2.45) is 29.6 Å². The molecule has 2 saturated carbocycles. The first kappa shape index (κ1) is 17.8. The molecule has 2 aliphatic carbocycles. The van der Waals surface area contributed by atoms with E-state index in [-0.39, 0.29) is 47.4 Å². The van der Waals surface area contributed by atoms with Crippen molar-refractivity contribution in [1.29, 1.82) is 0 Å². The molecule has 3 aliphatic rings. The lowest BCUT2D eigenvalue weighted by atomic mass is 9.77. The number of rotatable bonds is 3. The Morgan fingerprint density at radius 3 is 2.65 bits per heavy atom. The number of hydrogen-bond donors (Lipinski definition) is 1. The molecular weight excluding hydrogens is 348 g/mol. The maximum absolute atomic E-state index is 12.6. The van der Waals surface area contributed by atoms with Gasteiger partial charge in [0, 0.05) is 34.8 Å². The Morgan fingerprint density at radius 1 is 1.19 bits per heavy atom. The second kappa shape index (κ2) is 6.86. The summed E-state index contributed by atoms with van der Waals surface area (Å²) in [6.07, 6.45) is -0.120. The Balaban J connectivity index is 1.60. The molecule has 138 valence electrons. The SMILES string of the molecule is C=C1C[C@H](O)[C@@H]2[C@@H](OC(=O)[C@H]2CSc2ccccc2)[C@H]2[C@H](C)C(=O)C[C@@H]12. The first-order valence-electron chi connectivity index (χ1n) is 9.24. The molecule has 1 saturated heterocycles. The molecule has 0 spiro atoms. The number of fused-ring (bicyclic) bond motifs is 3. The minimum absolute atomic E-state index is 0.0236. The van der Waals surface area contributed by atoms with Crippen LogP contribution < -0.4 is 0 Å². The van der Waals surface area contributed by atoms with Gasteiger partial charge < -0.3 is 9.84 Å². The highest BCUT2D eigenvalue weighted by Crippen LogP contribution is 2.52. The zero-order chi connectivity index (χ0) is 18.4. The predicted molar refractivity (Wildman–Crippen MR) is 99.6 cm³/mol. The Hall–Kier alpha value is -1.59. The Kier molecular flexibility index (Phi) is 4.70. The molecule has 26 heavy (non-hydrogen) atoms. The third-order valence-electron chi connectivity index (χ3n) is 6.36. The van der Waals surface area contributed by atoms with Crippen molar-refractivity contribution in [1.82, 2.24) is 0 Å². The molecule has 1 aliphatic heterocycles. The number of carbonyl (C=O) groups is 2. The molecule has 0 radical (unpaired) electrons. The minimum atomic E-state index is -0.645. The monoisotopic (exact) mass is 372 g/mol.